The molecule has 0 aliphatic rings. The second kappa shape index (κ2) is 6.05. The summed E-state index contributed by atoms with van der Waals surface area (Å²) in [6, 6.07) is 7.27. The van der Waals surface area contributed by atoms with Crippen LogP contribution >= 0.6 is 0 Å². The van der Waals surface area contributed by atoms with Crippen molar-refractivity contribution in [2.45, 2.75) is 26.9 Å². The molecule has 1 heterocycles. The molecular weight excluding hydrogens is 270 g/mol. The van der Waals surface area contributed by atoms with E-state index in [1.165, 1.54) is 0 Å². The highest BCUT2D eigenvalue weighted by atomic mass is 16.5. The summed E-state index contributed by atoms with van der Waals surface area (Å²) in [4.78, 5) is 11.8. The fourth-order valence-electron chi connectivity index (χ4n) is 1.54. The van der Waals surface area contributed by atoms with E-state index >= 15 is 0 Å². The van der Waals surface area contributed by atoms with Gasteiger partial charge < -0.3 is 15.2 Å². The molecule has 0 aliphatic carbocycles. The minimum atomic E-state index is -0.0942. The first-order valence-corrected chi connectivity index (χ1v) is 6.34. The van der Waals surface area contributed by atoms with Crippen molar-refractivity contribution in [1.82, 2.24) is 15.0 Å². The normalized spacial score (nSPS) is 10.2. The van der Waals surface area contributed by atoms with Crippen LogP contribution in [0.5, 0.6) is 17.8 Å². The third-order valence-electron chi connectivity index (χ3n) is 2.47. The molecule has 0 amide bonds. The van der Waals surface area contributed by atoms with Gasteiger partial charge >= 0.3 is 12.0 Å². The molecule has 108 valence electrons. The Labute approximate surface area is 122 Å². The van der Waals surface area contributed by atoms with Crippen molar-refractivity contribution in [3.8, 4) is 23.8 Å². The lowest BCUT2D eigenvalue weighted by molar-refractivity contribution is 0.218. The van der Waals surface area contributed by atoms with Crippen LogP contribution in [0.2, 0.25) is 0 Å². The summed E-state index contributed by atoms with van der Waals surface area (Å²) in [6.45, 7) is 5.55. The fourth-order valence-corrected chi connectivity index (χ4v) is 1.54. The maximum Gasteiger partial charge on any atom is 0.330 e. The molecule has 0 saturated heterocycles. The number of anilines is 1. The first kappa shape index (κ1) is 14.5. The first-order chi connectivity index (χ1) is 9.97. The van der Waals surface area contributed by atoms with Crippen LogP contribution in [0.4, 0.5) is 5.95 Å². The number of nitriles is 1. The van der Waals surface area contributed by atoms with Crippen LogP contribution in [-0.4, -0.2) is 21.1 Å². The number of nitrogens with two attached hydrogens (primary N) is 1. The summed E-state index contributed by atoms with van der Waals surface area (Å²) in [7, 11) is 0. The Kier molecular flexibility index (Phi) is 4.18. The number of benzene rings is 1. The predicted molar refractivity (Wildman–Crippen MR) is 76.0 cm³/mol. The molecule has 1 aromatic carbocycles. The second-order valence-corrected chi connectivity index (χ2v) is 4.62. The molecule has 0 spiro atoms. The molecule has 0 bridgehead atoms. The maximum atomic E-state index is 8.92. The van der Waals surface area contributed by atoms with E-state index < -0.39 is 0 Å². The summed E-state index contributed by atoms with van der Waals surface area (Å²) in [5.74, 6) is 0.486. The topological polar surface area (TPSA) is 107 Å². The van der Waals surface area contributed by atoms with Gasteiger partial charge in [-0.05, 0) is 38.5 Å². The SMILES string of the molecule is Cc1ccc(C#N)cc1Oc1nc(N)nc(OC(C)C)n1. The van der Waals surface area contributed by atoms with E-state index in [1.807, 2.05) is 26.8 Å². The fraction of sp³-hybridized carbons (Fsp3) is 0.286. The smallest absolute Gasteiger partial charge is 0.330 e. The zero-order valence-electron chi connectivity index (χ0n) is 12.0. The lowest BCUT2D eigenvalue weighted by Gasteiger charge is -2.10. The van der Waals surface area contributed by atoms with E-state index in [9.17, 15) is 0 Å². The Morgan fingerprint density at radius 1 is 1.19 bits per heavy atom. The molecule has 0 radical (unpaired) electrons. The zero-order valence-corrected chi connectivity index (χ0v) is 12.0. The Balaban J connectivity index is 2.31. The van der Waals surface area contributed by atoms with Gasteiger partial charge in [-0.25, -0.2) is 0 Å². The number of hydrogen-bond donors (Lipinski definition) is 1. The minimum absolute atomic E-state index is 0.00439. The maximum absolute atomic E-state index is 8.92. The Hall–Kier alpha value is -2.88. The van der Waals surface area contributed by atoms with Crippen molar-refractivity contribution >= 4 is 5.95 Å². The molecule has 0 fully saturated rings. The molecule has 0 unspecified atom stereocenters. The van der Waals surface area contributed by atoms with Gasteiger partial charge in [0.1, 0.15) is 5.75 Å². The first-order valence-electron chi connectivity index (χ1n) is 6.34. The number of aryl methyl sites for hydroxylation is 1. The van der Waals surface area contributed by atoms with Crippen LogP contribution in [0.1, 0.15) is 25.0 Å². The van der Waals surface area contributed by atoms with Crippen molar-refractivity contribution < 1.29 is 9.47 Å². The second-order valence-electron chi connectivity index (χ2n) is 4.62. The van der Waals surface area contributed by atoms with Crippen molar-refractivity contribution in [2.24, 2.45) is 0 Å². The lowest BCUT2D eigenvalue weighted by atomic mass is 10.1. The van der Waals surface area contributed by atoms with Gasteiger partial charge in [-0.3, -0.25) is 0 Å². The summed E-state index contributed by atoms with van der Waals surface area (Å²) < 4.78 is 11.0. The van der Waals surface area contributed by atoms with Gasteiger partial charge in [-0.1, -0.05) is 6.07 Å². The summed E-state index contributed by atoms with van der Waals surface area (Å²) in [6.07, 6.45) is -0.0942. The molecule has 0 aliphatic heterocycles. The molecule has 1 aromatic heterocycles. The summed E-state index contributed by atoms with van der Waals surface area (Å²) in [5.41, 5.74) is 6.94. The number of ether oxygens (including phenoxy) is 2. The Bertz CT molecular complexity index is 694. The Morgan fingerprint density at radius 3 is 2.57 bits per heavy atom. The molecule has 21 heavy (non-hydrogen) atoms. The molecule has 0 atom stereocenters. The van der Waals surface area contributed by atoms with Gasteiger partial charge in [-0.15, -0.1) is 4.98 Å². The highest BCUT2D eigenvalue weighted by molar-refractivity contribution is 5.43. The summed E-state index contributed by atoms with van der Waals surface area (Å²) >= 11 is 0. The van der Waals surface area contributed by atoms with Crippen LogP contribution in [0, 0.1) is 18.3 Å². The van der Waals surface area contributed by atoms with Crippen LogP contribution in [0.3, 0.4) is 0 Å². The molecule has 0 saturated carbocycles. The van der Waals surface area contributed by atoms with Crippen molar-refractivity contribution in [1.29, 1.82) is 5.26 Å². The van der Waals surface area contributed by atoms with Gasteiger partial charge in [0, 0.05) is 0 Å². The molecule has 2 aromatic rings. The molecule has 7 heteroatoms. The van der Waals surface area contributed by atoms with E-state index in [2.05, 4.69) is 15.0 Å². The van der Waals surface area contributed by atoms with Gasteiger partial charge in [0.25, 0.3) is 0 Å². The molecular formula is C14H15N5O2. The third-order valence-corrected chi connectivity index (χ3v) is 2.47. The third kappa shape index (κ3) is 3.79. The Morgan fingerprint density at radius 2 is 1.90 bits per heavy atom. The number of hydrogen-bond acceptors (Lipinski definition) is 7. The summed E-state index contributed by atoms with van der Waals surface area (Å²) in [5, 5.41) is 8.92. The van der Waals surface area contributed by atoms with E-state index in [0.717, 1.165) is 5.56 Å². The molecule has 2 rings (SSSR count). The lowest BCUT2D eigenvalue weighted by Crippen LogP contribution is -2.11. The van der Waals surface area contributed by atoms with Crippen LogP contribution in [-0.2, 0) is 0 Å². The molecule has 7 nitrogen and oxygen atoms in total. The highest BCUT2D eigenvalue weighted by Crippen LogP contribution is 2.25. The number of aromatic nitrogens is 3. The van der Waals surface area contributed by atoms with E-state index in [-0.39, 0.29) is 24.1 Å². The van der Waals surface area contributed by atoms with E-state index in [4.69, 9.17) is 20.5 Å². The number of nitrogen functional groups attached to an aromatic ring is 1. The number of rotatable bonds is 4. The van der Waals surface area contributed by atoms with Crippen LogP contribution in [0.25, 0.3) is 0 Å². The van der Waals surface area contributed by atoms with Crippen LogP contribution in [0.15, 0.2) is 18.2 Å². The largest absolute Gasteiger partial charge is 0.461 e. The van der Waals surface area contributed by atoms with E-state index in [1.54, 1.807) is 18.2 Å². The van der Waals surface area contributed by atoms with Crippen molar-refractivity contribution in [2.75, 3.05) is 5.73 Å². The monoisotopic (exact) mass is 285 g/mol. The molecule has 2 N–H and O–H groups in total. The van der Waals surface area contributed by atoms with Gasteiger partial charge in [-0.2, -0.15) is 15.2 Å². The van der Waals surface area contributed by atoms with Gasteiger partial charge in [0.15, 0.2) is 0 Å². The minimum Gasteiger partial charge on any atom is -0.461 e. The quantitative estimate of drug-likeness (QED) is 0.917. The van der Waals surface area contributed by atoms with Crippen molar-refractivity contribution in [3.63, 3.8) is 0 Å². The number of nitrogens with zero attached hydrogens (tertiary/aromatic N) is 4. The standard InChI is InChI=1S/C14H15N5O2/c1-8(2)20-13-17-12(16)18-14(19-13)21-11-6-10(7-15)5-4-9(11)3/h4-6,8H,1-3H3,(H2,16,17,18,19). The zero-order chi connectivity index (χ0) is 15.4. The highest BCUT2D eigenvalue weighted by Gasteiger charge is 2.11. The average molecular weight is 285 g/mol. The van der Waals surface area contributed by atoms with E-state index in [0.29, 0.717) is 11.3 Å². The average Bonchev–Trinajstić information content (AvgIpc) is 2.39. The van der Waals surface area contributed by atoms with Crippen molar-refractivity contribution in [3.05, 3.63) is 29.3 Å². The van der Waals surface area contributed by atoms with Gasteiger partial charge in [0.05, 0.1) is 17.7 Å². The predicted octanol–water partition coefficient (Wildman–Crippen LogP) is 2.21. The van der Waals surface area contributed by atoms with Gasteiger partial charge in [0.2, 0.25) is 5.95 Å². The van der Waals surface area contributed by atoms with Crippen LogP contribution < -0.4 is 15.2 Å².